The predicted molar refractivity (Wildman–Crippen MR) is 102 cm³/mol. The number of hydrogen-bond acceptors (Lipinski definition) is 4. The largest absolute Gasteiger partial charge is 0.493 e. The molecule has 3 aliphatic rings. The molecular weight excluding hydrogens is 344 g/mol. The van der Waals surface area contributed by atoms with E-state index in [9.17, 15) is 4.79 Å². The van der Waals surface area contributed by atoms with Crippen molar-refractivity contribution in [1.82, 2.24) is 4.90 Å². The predicted octanol–water partition coefficient (Wildman–Crippen LogP) is 1.24. The monoisotopic (exact) mass is 375 g/mol. The third-order valence-electron chi connectivity index (χ3n) is 6.87. The van der Waals surface area contributed by atoms with Crippen molar-refractivity contribution in [2.24, 2.45) is 11.8 Å². The molecule has 0 aromatic heterocycles. The van der Waals surface area contributed by atoms with Crippen LogP contribution in [0, 0.1) is 11.8 Å². The SMILES string of the molecule is COc1cc(C(=O)N2CC[NH+]([C@H]3C[C@H]4CC[C@@H]3C4)CC2)cc(OC)c1OC. The van der Waals surface area contributed by atoms with Gasteiger partial charge >= 0.3 is 0 Å². The lowest BCUT2D eigenvalue weighted by Crippen LogP contribution is -3.18. The summed E-state index contributed by atoms with van der Waals surface area (Å²) >= 11 is 0. The molecule has 1 aromatic rings. The standard InChI is InChI=1S/C21H30N2O4/c1-25-18-12-16(13-19(26-2)20(18)27-3)21(24)23-8-6-22(7-9-23)17-11-14-4-5-15(17)10-14/h12-15,17H,4-11H2,1-3H3/p+1/t14-,15+,17-/m0/s1. The molecule has 1 heterocycles. The third-order valence-corrected chi connectivity index (χ3v) is 6.87. The number of piperazine rings is 1. The summed E-state index contributed by atoms with van der Waals surface area (Å²) < 4.78 is 16.1. The Kier molecular flexibility index (Phi) is 5.17. The molecule has 1 aromatic carbocycles. The Morgan fingerprint density at radius 2 is 1.67 bits per heavy atom. The van der Waals surface area contributed by atoms with Gasteiger partial charge in [-0.1, -0.05) is 0 Å². The Hall–Kier alpha value is -1.95. The molecule has 1 N–H and O–H groups in total. The Labute approximate surface area is 161 Å². The van der Waals surface area contributed by atoms with Crippen LogP contribution in [-0.2, 0) is 0 Å². The Morgan fingerprint density at radius 3 is 2.15 bits per heavy atom. The van der Waals surface area contributed by atoms with Gasteiger partial charge in [0.15, 0.2) is 11.5 Å². The number of quaternary nitrogens is 1. The zero-order valence-electron chi connectivity index (χ0n) is 16.6. The van der Waals surface area contributed by atoms with Gasteiger partial charge in [-0.2, -0.15) is 0 Å². The van der Waals surface area contributed by atoms with E-state index in [0.29, 0.717) is 22.8 Å². The topological polar surface area (TPSA) is 52.4 Å². The van der Waals surface area contributed by atoms with Crippen LogP contribution in [0.4, 0.5) is 0 Å². The number of rotatable bonds is 5. The summed E-state index contributed by atoms with van der Waals surface area (Å²) in [6.45, 7) is 3.76. The molecule has 27 heavy (non-hydrogen) atoms. The van der Waals surface area contributed by atoms with Crippen LogP contribution in [0.25, 0.3) is 0 Å². The summed E-state index contributed by atoms with van der Waals surface area (Å²) in [6, 6.07) is 4.33. The average molecular weight is 375 g/mol. The minimum atomic E-state index is 0.0428. The van der Waals surface area contributed by atoms with Crippen molar-refractivity contribution in [2.75, 3.05) is 47.5 Å². The van der Waals surface area contributed by atoms with Crippen LogP contribution in [-0.4, -0.2) is 64.4 Å². The van der Waals surface area contributed by atoms with Crippen molar-refractivity contribution in [3.63, 3.8) is 0 Å². The van der Waals surface area contributed by atoms with Gasteiger partial charge in [0.25, 0.3) is 5.91 Å². The molecule has 0 spiro atoms. The average Bonchev–Trinajstić information content (AvgIpc) is 3.35. The zero-order chi connectivity index (χ0) is 19.0. The van der Waals surface area contributed by atoms with Crippen LogP contribution in [0.15, 0.2) is 12.1 Å². The number of nitrogens with zero attached hydrogens (tertiary/aromatic N) is 1. The molecule has 1 aliphatic heterocycles. The first-order chi connectivity index (χ1) is 13.1. The summed E-state index contributed by atoms with van der Waals surface area (Å²) in [5, 5.41) is 0. The van der Waals surface area contributed by atoms with Crippen LogP contribution >= 0.6 is 0 Å². The number of carbonyl (C=O) groups is 1. The lowest BCUT2D eigenvalue weighted by Gasteiger charge is -2.38. The molecule has 2 saturated carbocycles. The number of fused-ring (bicyclic) bond motifs is 2. The molecule has 1 amide bonds. The fourth-order valence-corrected chi connectivity index (χ4v) is 5.50. The maximum atomic E-state index is 13.1. The van der Waals surface area contributed by atoms with Crippen molar-refractivity contribution in [3.05, 3.63) is 17.7 Å². The number of amides is 1. The van der Waals surface area contributed by atoms with Gasteiger partial charge in [0.2, 0.25) is 5.75 Å². The van der Waals surface area contributed by atoms with Gasteiger partial charge in [-0.3, -0.25) is 4.79 Å². The van der Waals surface area contributed by atoms with Crippen molar-refractivity contribution < 1.29 is 23.9 Å². The quantitative estimate of drug-likeness (QED) is 0.841. The summed E-state index contributed by atoms with van der Waals surface area (Å²) in [5.74, 6) is 3.51. The molecule has 6 nitrogen and oxygen atoms in total. The molecule has 2 bridgehead atoms. The number of carbonyl (C=O) groups excluding carboxylic acids is 1. The number of methoxy groups -OCH3 is 3. The summed E-state index contributed by atoms with van der Waals surface area (Å²) in [4.78, 5) is 16.7. The Morgan fingerprint density at radius 1 is 1.00 bits per heavy atom. The first-order valence-corrected chi connectivity index (χ1v) is 10.1. The van der Waals surface area contributed by atoms with Gasteiger partial charge in [0.1, 0.15) is 0 Å². The van der Waals surface area contributed by atoms with Crippen molar-refractivity contribution in [3.8, 4) is 17.2 Å². The Balaban J connectivity index is 1.43. The van der Waals surface area contributed by atoms with Crippen LogP contribution in [0.1, 0.15) is 36.0 Å². The van der Waals surface area contributed by atoms with E-state index in [1.165, 1.54) is 25.7 Å². The van der Waals surface area contributed by atoms with E-state index in [0.717, 1.165) is 44.1 Å². The van der Waals surface area contributed by atoms with Gasteiger partial charge in [0, 0.05) is 17.9 Å². The Bertz CT molecular complexity index is 674. The second-order valence-corrected chi connectivity index (χ2v) is 8.15. The molecule has 0 unspecified atom stereocenters. The van der Waals surface area contributed by atoms with Gasteiger partial charge in [0.05, 0.1) is 53.6 Å². The van der Waals surface area contributed by atoms with Crippen LogP contribution < -0.4 is 19.1 Å². The normalized spacial score (nSPS) is 27.7. The van der Waals surface area contributed by atoms with E-state index in [1.807, 2.05) is 4.90 Å². The van der Waals surface area contributed by atoms with E-state index < -0.39 is 0 Å². The van der Waals surface area contributed by atoms with E-state index >= 15 is 0 Å². The number of hydrogen-bond donors (Lipinski definition) is 1. The minimum Gasteiger partial charge on any atom is -0.493 e. The van der Waals surface area contributed by atoms with Crippen LogP contribution in [0.5, 0.6) is 17.2 Å². The molecular formula is C21H31N2O4+. The van der Waals surface area contributed by atoms with Gasteiger partial charge in [-0.15, -0.1) is 0 Å². The highest BCUT2D eigenvalue weighted by Gasteiger charge is 2.45. The van der Waals surface area contributed by atoms with E-state index in [4.69, 9.17) is 14.2 Å². The number of benzene rings is 1. The first kappa shape index (κ1) is 18.4. The van der Waals surface area contributed by atoms with Crippen molar-refractivity contribution in [1.29, 1.82) is 0 Å². The van der Waals surface area contributed by atoms with Crippen molar-refractivity contribution in [2.45, 2.75) is 31.7 Å². The molecule has 0 radical (unpaired) electrons. The van der Waals surface area contributed by atoms with E-state index in [1.54, 1.807) is 38.4 Å². The minimum absolute atomic E-state index is 0.0428. The number of nitrogens with one attached hydrogen (secondary N) is 1. The first-order valence-electron chi connectivity index (χ1n) is 10.1. The van der Waals surface area contributed by atoms with E-state index in [-0.39, 0.29) is 5.91 Å². The fourth-order valence-electron chi connectivity index (χ4n) is 5.50. The summed E-state index contributed by atoms with van der Waals surface area (Å²) in [5.41, 5.74) is 0.591. The zero-order valence-corrected chi connectivity index (χ0v) is 16.6. The summed E-state index contributed by atoms with van der Waals surface area (Å²) in [6.07, 6.45) is 5.72. The second kappa shape index (κ2) is 7.58. The molecule has 1 saturated heterocycles. The van der Waals surface area contributed by atoms with Gasteiger partial charge in [-0.25, -0.2) is 0 Å². The highest BCUT2D eigenvalue weighted by atomic mass is 16.5. The van der Waals surface area contributed by atoms with E-state index in [2.05, 4.69) is 0 Å². The highest BCUT2D eigenvalue weighted by molar-refractivity contribution is 5.95. The molecule has 2 aliphatic carbocycles. The summed E-state index contributed by atoms with van der Waals surface area (Å²) in [7, 11) is 4.71. The molecule has 6 heteroatoms. The second-order valence-electron chi connectivity index (χ2n) is 8.15. The molecule has 3 atom stereocenters. The van der Waals surface area contributed by atoms with Crippen LogP contribution in [0.2, 0.25) is 0 Å². The fraction of sp³-hybridized carbons (Fsp3) is 0.667. The smallest absolute Gasteiger partial charge is 0.254 e. The van der Waals surface area contributed by atoms with Gasteiger partial charge < -0.3 is 24.0 Å². The van der Waals surface area contributed by atoms with Crippen molar-refractivity contribution >= 4 is 5.91 Å². The third kappa shape index (κ3) is 3.35. The molecule has 148 valence electrons. The number of ether oxygens (including phenoxy) is 3. The lowest BCUT2D eigenvalue weighted by atomic mass is 9.93. The molecule has 4 rings (SSSR count). The lowest BCUT2D eigenvalue weighted by molar-refractivity contribution is -0.932. The van der Waals surface area contributed by atoms with Gasteiger partial charge in [-0.05, 0) is 37.3 Å². The van der Waals surface area contributed by atoms with Crippen LogP contribution in [0.3, 0.4) is 0 Å². The molecule has 3 fully saturated rings. The maximum absolute atomic E-state index is 13.1. The maximum Gasteiger partial charge on any atom is 0.254 e. The highest BCUT2D eigenvalue weighted by Crippen LogP contribution is 2.43.